The average molecular weight is 192 g/mol. The molecular formula is C10H12N2S. The highest BCUT2D eigenvalue weighted by atomic mass is 32.2. The Balaban J connectivity index is 2.83. The minimum absolute atomic E-state index is 0.700. The summed E-state index contributed by atoms with van der Waals surface area (Å²) in [7, 11) is 0. The molecule has 3 heteroatoms. The third kappa shape index (κ3) is 3.08. The highest BCUT2D eigenvalue weighted by molar-refractivity contribution is 7.99. The fourth-order valence-corrected chi connectivity index (χ4v) is 1.82. The second kappa shape index (κ2) is 4.88. The van der Waals surface area contributed by atoms with Crippen molar-refractivity contribution < 1.29 is 0 Å². The molecule has 2 nitrogen and oxygen atoms in total. The predicted octanol–water partition coefficient (Wildman–Crippen LogP) is 2.76. The Hall–Kier alpha value is -1.01. The van der Waals surface area contributed by atoms with Gasteiger partial charge >= 0.3 is 0 Å². The van der Waals surface area contributed by atoms with Crippen LogP contribution in [0.4, 0.5) is 0 Å². The Morgan fingerprint density at radius 2 is 2.31 bits per heavy atom. The number of pyridine rings is 1. The fourth-order valence-electron chi connectivity index (χ4n) is 0.983. The van der Waals surface area contributed by atoms with E-state index in [2.05, 4.69) is 18.0 Å². The van der Waals surface area contributed by atoms with Crippen LogP contribution < -0.4 is 0 Å². The van der Waals surface area contributed by atoms with Crippen molar-refractivity contribution in [3.63, 3.8) is 0 Å². The van der Waals surface area contributed by atoms with E-state index in [1.165, 1.54) is 0 Å². The van der Waals surface area contributed by atoms with Crippen molar-refractivity contribution in [3.05, 3.63) is 23.4 Å². The van der Waals surface area contributed by atoms with Gasteiger partial charge < -0.3 is 0 Å². The lowest BCUT2D eigenvalue weighted by Crippen LogP contribution is -1.88. The molecule has 0 fully saturated rings. The van der Waals surface area contributed by atoms with E-state index in [1.54, 1.807) is 17.8 Å². The Morgan fingerprint density at radius 1 is 1.54 bits per heavy atom. The first-order chi connectivity index (χ1) is 6.26. The Morgan fingerprint density at radius 3 is 2.92 bits per heavy atom. The molecule has 0 saturated heterocycles. The van der Waals surface area contributed by atoms with Gasteiger partial charge in [0.1, 0.15) is 0 Å². The smallest absolute Gasteiger partial charge is 0.0993 e. The molecule has 0 aliphatic carbocycles. The van der Waals surface area contributed by atoms with Crippen molar-refractivity contribution in [3.8, 4) is 6.07 Å². The van der Waals surface area contributed by atoms with Crippen LogP contribution in [0.1, 0.15) is 24.6 Å². The molecule has 0 aliphatic heterocycles. The summed E-state index contributed by atoms with van der Waals surface area (Å²) in [4.78, 5) is 4.33. The van der Waals surface area contributed by atoms with Gasteiger partial charge in [-0.25, -0.2) is 4.98 Å². The molecule has 0 radical (unpaired) electrons. The van der Waals surface area contributed by atoms with E-state index >= 15 is 0 Å². The number of hydrogen-bond donors (Lipinski definition) is 0. The van der Waals surface area contributed by atoms with Crippen LogP contribution >= 0.6 is 11.8 Å². The highest BCUT2D eigenvalue weighted by Gasteiger charge is 1.99. The Labute approximate surface area is 83.0 Å². The van der Waals surface area contributed by atoms with Gasteiger partial charge in [-0.3, -0.25) is 0 Å². The van der Waals surface area contributed by atoms with Crippen molar-refractivity contribution >= 4 is 11.8 Å². The molecular weight excluding hydrogens is 180 g/mol. The van der Waals surface area contributed by atoms with E-state index in [1.807, 2.05) is 13.0 Å². The molecule has 0 aliphatic rings. The van der Waals surface area contributed by atoms with Crippen LogP contribution in [-0.4, -0.2) is 10.7 Å². The van der Waals surface area contributed by atoms with Crippen LogP contribution in [0.25, 0.3) is 0 Å². The van der Waals surface area contributed by atoms with Gasteiger partial charge in [0.2, 0.25) is 0 Å². The largest absolute Gasteiger partial charge is 0.247 e. The third-order valence-corrected chi connectivity index (χ3v) is 2.63. The number of nitriles is 1. The SMILES string of the molecule is CCCSc1cc(C#N)cc(C)n1. The summed E-state index contributed by atoms with van der Waals surface area (Å²) in [6.45, 7) is 4.05. The summed E-state index contributed by atoms with van der Waals surface area (Å²) in [6, 6.07) is 5.77. The van der Waals surface area contributed by atoms with E-state index in [9.17, 15) is 0 Å². The maximum Gasteiger partial charge on any atom is 0.0993 e. The molecule has 0 saturated carbocycles. The molecule has 68 valence electrons. The van der Waals surface area contributed by atoms with E-state index in [-0.39, 0.29) is 0 Å². The summed E-state index contributed by atoms with van der Waals surface area (Å²) in [6.07, 6.45) is 1.13. The number of aryl methyl sites for hydroxylation is 1. The lowest BCUT2D eigenvalue weighted by atomic mass is 10.2. The number of rotatable bonds is 3. The van der Waals surface area contributed by atoms with Gasteiger partial charge in [-0.2, -0.15) is 5.26 Å². The second-order valence-electron chi connectivity index (χ2n) is 2.80. The Kier molecular flexibility index (Phi) is 3.78. The van der Waals surface area contributed by atoms with Gasteiger partial charge in [-0.1, -0.05) is 6.92 Å². The average Bonchev–Trinajstić information content (AvgIpc) is 2.14. The molecule has 1 aromatic heterocycles. The van der Waals surface area contributed by atoms with Crippen LogP contribution in [0.15, 0.2) is 17.2 Å². The quantitative estimate of drug-likeness (QED) is 0.691. The first-order valence-electron chi connectivity index (χ1n) is 4.28. The van der Waals surface area contributed by atoms with E-state index in [0.29, 0.717) is 5.56 Å². The molecule has 0 aromatic carbocycles. The normalized spacial score (nSPS) is 9.62. The van der Waals surface area contributed by atoms with E-state index in [0.717, 1.165) is 22.9 Å². The van der Waals surface area contributed by atoms with Gasteiger partial charge in [-0.05, 0) is 31.2 Å². The molecule has 1 aromatic rings. The zero-order chi connectivity index (χ0) is 9.68. The molecule has 0 unspecified atom stereocenters. The standard InChI is InChI=1S/C10H12N2S/c1-3-4-13-10-6-9(7-11)5-8(2)12-10/h5-6H,3-4H2,1-2H3. The molecule has 0 amide bonds. The topological polar surface area (TPSA) is 36.7 Å². The van der Waals surface area contributed by atoms with Crippen molar-refractivity contribution in [2.75, 3.05) is 5.75 Å². The van der Waals surface area contributed by atoms with E-state index in [4.69, 9.17) is 5.26 Å². The minimum Gasteiger partial charge on any atom is -0.247 e. The van der Waals surface area contributed by atoms with Crippen LogP contribution in [0.3, 0.4) is 0 Å². The fraction of sp³-hybridized carbons (Fsp3) is 0.400. The molecule has 0 atom stereocenters. The number of nitrogens with zero attached hydrogens (tertiary/aromatic N) is 2. The maximum absolute atomic E-state index is 8.72. The number of thioether (sulfide) groups is 1. The van der Waals surface area contributed by atoms with Crippen LogP contribution in [0, 0.1) is 18.3 Å². The first kappa shape index (κ1) is 10.1. The molecule has 0 spiro atoms. The summed E-state index contributed by atoms with van der Waals surface area (Å²) >= 11 is 1.70. The zero-order valence-corrected chi connectivity index (χ0v) is 8.69. The van der Waals surface area contributed by atoms with Gasteiger partial charge in [0.15, 0.2) is 0 Å². The Bertz CT molecular complexity index is 328. The molecule has 0 N–H and O–H groups in total. The predicted molar refractivity (Wildman–Crippen MR) is 54.7 cm³/mol. The highest BCUT2D eigenvalue weighted by Crippen LogP contribution is 2.17. The maximum atomic E-state index is 8.72. The van der Waals surface area contributed by atoms with E-state index < -0.39 is 0 Å². The molecule has 13 heavy (non-hydrogen) atoms. The van der Waals surface area contributed by atoms with Crippen LogP contribution in [0.2, 0.25) is 0 Å². The van der Waals surface area contributed by atoms with Crippen molar-refractivity contribution in [1.29, 1.82) is 5.26 Å². The number of aromatic nitrogens is 1. The molecule has 0 bridgehead atoms. The van der Waals surface area contributed by atoms with Gasteiger partial charge in [0, 0.05) is 5.69 Å². The summed E-state index contributed by atoms with van der Waals surface area (Å²) in [5.74, 6) is 1.06. The zero-order valence-electron chi connectivity index (χ0n) is 7.87. The second-order valence-corrected chi connectivity index (χ2v) is 3.91. The number of hydrogen-bond acceptors (Lipinski definition) is 3. The first-order valence-corrected chi connectivity index (χ1v) is 5.26. The van der Waals surface area contributed by atoms with Crippen LogP contribution in [0.5, 0.6) is 0 Å². The lowest BCUT2D eigenvalue weighted by Gasteiger charge is -2.00. The van der Waals surface area contributed by atoms with Crippen LogP contribution in [-0.2, 0) is 0 Å². The molecule has 1 heterocycles. The molecule has 1 rings (SSSR count). The van der Waals surface area contributed by atoms with Crippen molar-refractivity contribution in [1.82, 2.24) is 4.98 Å². The monoisotopic (exact) mass is 192 g/mol. The van der Waals surface area contributed by atoms with Gasteiger partial charge in [0.05, 0.1) is 16.7 Å². The minimum atomic E-state index is 0.700. The van der Waals surface area contributed by atoms with Crippen molar-refractivity contribution in [2.24, 2.45) is 0 Å². The summed E-state index contributed by atoms with van der Waals surface area (Å²) in [5.41, 5.74) is 1.61. The summed E-state index contributed by atoms with van der Waals surface area (Å²) in [5, 5.41) is 9.68. The summed E-state index contributed by atoms with van der Waals surface area (Å²) < 4.78 is 0. The van der Waals surface area contributed by atoms with Crippen molar-refractivity contribution in [2.45, 2.75) is 25.3 Å². The van der Waals surface area contributed by atoms with Gasteiger partial charge in [-0.15, -0.1) is 11.8 Å². The lowest BCUT2D eigenvalue weighted by molar-refractivity contribution is 1.04. The van der Waals surface area contributed by atoms with Gasteiger partial charge in [0.25, 0.3) is 0 Å². The third-order valence-electron chi connectivity index (χ3n) is 1.51.